The van der Waals surface area contributed by atoms with Gasteiger partial charge in [0.2, 0.25) is 5.91 Å². The van der Waals surface area contributed by atoms with E-state index in [1.54, 1.807) is 30.5 Å². The maximum Gasteiger partial charge on any atom is 0.238 e. The fourth-order valence-corrected chi connectivity index (χ4v) is 3.23. The number of halogens is 2. The highest BCUT2D eigenvalue weighted by Gasteiger charge is 2.29. The van der Waals surface area contributed by atoms with Crippen LogP contribution in [0, 0.1) is 5.82 Å². The molecular formula is C16H14ClFN2OS. The van der Waals surface area contributed by atoms with E-state index in [1.807, 2.05) is 0 Å². The van der Waals surface area contributed by atoms with Gasteiger partial charge in [-0.25, -0.2) is 9.37 Å². The summed E-state index contributed by atoms with van der Waals surface area (Å²) in [6.45, 7) is 0. The maximum atomic E-state index is 13.1. The summed E-state index contributed by atoms with van der Waals surface area (Å²) in [5.41, 5.74) is 0.728. The summed E-state index contributed by atoms with van der Waals surface area (Å²) in [4.78, 5) is 16.7. The van der Waals surface area contributed by atoms with Gasteiger partial charge in [0, 0.05) is 12.2 Å². The van der Waals surface area contributed by atoms with Crippen molar-refractivity contribution in [1.29, 1.82) is 0 Å². The van der Waals surface area contributed by atoms with Crippen molar-refractivity contribution >= 4 is 29.3 Å². The third kappa shape index (κ3) is 3.78. The first-order valence-electron chi connectivity index (χ1n) is 6.96. The summed E-state index contributed by atoms with van der Waals surface area (Å²) >= 11 is 7.40. The number of carbonyl (C=O) groups is 1. The third-order valence-electron chi connectivity index (χ3n) is 3.29. The number of hydrogen-bond acceptors (Lipinski definition) is 3. The van der Waals surface area contributed by atoms with Crippen LogP contribution in [0.5, 0.6) is 0 Å². The minimum absolute atomic E-state index is 0.0965. The van der Waals surface area contributed by atoms with Crippen LogP contribution >= 0.6 is 23.4 Å². The lowest BCUT2D eigenvalue weighted by Crippen LogP contribution is -2.29. The predicted molar refractivity (Wildman–Crippen MR) is 85.4 cm³/mol. The zero-order valence-corrected chi connectivity index (χ0v) is 13.2. The first-order valence-corrected chi connectivity index (χ1v) is 8.22. The molecule has 1 fully saturated rings. The molecule has 1 aromatic carbocycles. The normalized spacial score (nSPS) is 15.4. The number of hydrogen-bond donors (Lipinski definition) is 1. The van der Waals surface area contributed by atoms with Crippen molar-refractivity contribution in [3.05, 3.63) is 59.0 Å². The zero-order valence-electron chi connectivity index (χ0n) is 11.6. The van der Waals surface area contributed by atoms with E-state index in [0.717, 1.165) is 18.4 Å². The van der Waals surface area contributed by atoms with Gasteiger partial charge in [0.1, 0.15) is 16.1 Å². The van der Waals surface area contributed by atoms with Gasteiger partial charge in [-0.2, -0.15) is 0 Å². The molecule has 1 aromatic heterocycles. The van der Waals surface area contributed by atoms with Crippen LogP contribution in [-0.2, 0) is 4.79 Å². The molecular weight excluding hydrogens is 323 g/mol. The van der Waals surface area contributed by atoms with E-state index in [4.69, 9.17) is 11.6 Å². The molecule has 1 amide bonds. The maximum absolute atomic E-state index is 13.1. The van der Waals surface area contributed by atoms with Gasteiger partial charge in [0.15, 0.2) is 0 Å². The van der Waals surface area contributed by atoms with Crippen LogP contribution in [0.25, 0.3) is 0 Å². The van der Waals surface area contributed by atoms with E-state index >= 15 is 0 Å². The molecule has 0 aliphatic heterocycles. The lowest BCUT2D eigenvalue weighted by Gasteiger charge is -2.17. The Morgan fingerprint density at radius 3 is 2.68 bits per heavy atom. The Hall–Kier alpha value is -1.59. The van der Waals surface area contributed by atoms with Gasteiger partial charge in [-0.1, -0.05) is 35.5 Å². The molecule has 0 bridgehead atoms. The molecule has 6 heteroatoms. The standard InChI is InChI=1S/C16H14ClFN2OS/c17-13-2-1-9-19-16(13)22-14(15(21)20-12-7-8-12)10-3-5-11(18)6-4-10/h1-6,9,12,14H,7-8H2,(H,20,21). The smallest absolute Gasteiger partial charge is 0.238 e. The van der Waals surface area contributed by atoms with E-state index < -0.39 is 5.25 Å². The Morgan fingerprint density at radius 2 is 2.05 bits per heavy atom. The molecule has 3 rings (SSSR count). The van der Waals surface area contributed by atoms with Crippen LogP contribution in [0.2, 0.25) is 5.02 Å². The van der Waals surface area contributed by atoms with Crippen molar-refractivity contribution in [2.75, 3.05) is 0 Å². The molecule has 1 aliphatic carbocycles. The average molecular weight is 337 g/mol. The van der Waals surface area contributed by atoms with Crippen molar-refractivity contribution < 1.29 is 9.18 Å². The van der Waals surface area contributed by atoms with Crippen LogP contribution in [0.15, 0.2) is 47.6 Å². The Bertz CT molecular complexity index is 676. The number of rotatable bonds is 5. The molecule has 3 nitrogen and oxygen atoms in total. The summed E-state index contributed by atoms with van der Waals surface area (Å²) in [7, 11) is 0. The van der Waals surface area contributed by atoms with Crippen molar-refractivity contribution in [2.24, 2.45) is 0 Å². The number of thioether (sulfide) groups is 1. The monoisotopic (exact) mass is 336 g/mol. The second-order valence-electron chi connectivity index (χ2n) is 5.12. The van der Waals surface area contributed by atoms with Crippen molar-refractivity contribution in [2.45, 2.75) is 29.2 Å². The molecule has 0 spiro atoms. The van der Waals surface area contributed by atoms with Crippen LogP contribution in [-0.4, -0.2) is 16.9 Å². The predicted octanol–water partition coefficient (Wildman–Crippen LogP) is 3.99. The number of carbonyl (C=O) groups excluding carboxylic acids is 1. The van der Waals surface area contributed by atoms with E-state index in [9.17, 15) is 9.18 Å². The average Bonchev–Trinajstić information content (AvgIpc) is 3.31. The van der Waals surface area contributed by atoms with Gasteiger partial charge >= 0.3 is 0 Å². The minimum Gasteiger partial charge on any atom is -0.352 e. The Labute approximate surface area is 137 Å². The molecule has 114 valence electrons. The summed E-state index contributed by atoms with van der Waals surface area (Å²) in [6, 6.07) is 9.68. The topological polar surface area (TPSA) is 42.0 Å². The fourth-order valence-electron chi connectivity index (χ4n) is 1.98. The Morgan fingerprint density at radius 1 is 1.32 bits per heavy atom. The molecule has 1 heterocycles. The van der Waals surface area contributed by atoms with E-state index in [1.165, 1.54) is 23.9 Å². The number of pyridine rings is 1. The minimum atomic E-state index is -0.506. The summed E-state index contributed by atoms with van der Waals surface area (Å²) < 4.78 is 13.1. The highest BCUT2D eigenvalue weighted by Crippen LogP contribution is 2.38. The van der Waals surface area contributed by atoms with Gasteiger partial charge in [-0.3, -0.25) is 4.79 Å². The van der Waals surface area contributed by atoms with Crippen molar-refractivity contribution in [1.82, 2.24) is 10.3 Å². The molecule has 0 saturated heterocycles. The summed E-state index contributed by atoms with van der Waals surface area (Å²) in [6.07, 6.45) is 3.66. The molecule has 1 aliphatic rings. The molecule has 1 unspecified atom stereocenters. The Balaban J connectivity index is 1.86. The van der Waals surface area contributed by atoms with Gasteiger partial charge in [0.25, 0.3) is 0 Å². The van der Waals surface area contributed by atoms with Gasteiger partial charge in [0.05, 0.1) is 5.02 Å². The zero-order chi connectivity index (χ0) is 15.5. The highest BCUT2D eigenvalue weighted by molar-refractivity contribution is 8.00. The Kier molecular flexibility index (Phi) is 4.64. The molecule has 1 saturated carbocycles. The third-order valence-corrected chi connectivity index (χ3v) is 4.98. The lowest BCUT2D eigenvalue weighted by atomic mass is 10.1. The molecule has 1 N–H and O–H groups in total. The largest absolute Gasteiger partial charge is 0.352 e. The number of benzene rings is 1. The van der Waals surface area contributed by atoms with E-state index in [0.29, 0.717) is 10.0 Å². The fraction of sp³-hybridized carbons (Fsp3) is 0.250. The van der Waals surface area contributed by atoms with Crippen LogP contribution in [0.4, 0.5) is 4.39 Å². The lowest BCUT2D eigenvalue weighted by molar-refractivity contribution is -0.120. The molecule has 1 atom stereocenters. The quantitative estimate of drug-likeness (QED) is 0.839. The van der Waals surface area contributed by atoms with E-state index in [2.05, 4.69) is 10.3 Å². The summed E-state index contributed by atoms with van der Waals surface area (Å²) in [5.74, 6) is -0.424. The van der Waals surface area contributed by atoms with Crippen LogP contribution < -0.4 is 5.32 Å². The first-order chi connectivity index (χ1) is 10.6. The number of nitrogens with one attached hydrogen (secondary N) is 1. The molecule has 0 radical (unpaired) electrons. The van der Waals surface area contributed by atoms with Gasteiger partial charge < -0.3 is 5.32 Å². The van der Waals surface area contributed by atoms with Crippen molar-refractivity contribution in [3.8, 4) is 0 Å². The van der Waals surface area contributed by atoms with Gasteiger partial charge in [-0.05, 0) is 42.7 Å². The number of nitrogens with zero attached hydrogens (tertiary/aromatic N) is 1. The number of amides is 1. The highest BCUT2D eigenvalue weighted by atomic mass is 35.5. The van der Waals surface area contributed by atoms with Crippen LogP contribution in [0.3, 0.4) is 0 Å². The van der Waals surface area contributed by atoms with Gasteiger partial charge in [-0.15, -0.1) is 0 Å². The van der Waals surface area contributed by atoms with Crippen molar-refractivity contribution in [3.63, 3.8) is 0 Å². The second kappa shape index (κ2) is 6.67. The van der Waals surface area contributed by atoms with E-state index in [-0.39, 0.29) is 17.8 Å². The first kappa shape index (κ1) is 15.3. The second-order valence-corrected chi connectivity index (χ2v) is 6.62. The molecule has 2 aromatic rings. The SMILES string of the molecule is O=C(NC1CC1)C(Sc1ncccc1Cl)c1ccc(F)cc1. The van der Waals surface area contributed by atoms with Crippen LogP contribution in [0.1, 0.15) is 23.7 Å². The summed E-state index contributed by atoms with van der Waals surface area (Å²) in [5, 5.41) is 3.56. The number of aromatic nitrogens is 1. The molecule has 22 heavy (non-hydrogen) atoms.